The standard InChI is InChI=1S/C13H10INO/c14-11-3-1-2-10(8-11)13(16)9-4-6-12(15)7-5-9/h1-8H,15H2. The van der Waals surface area contributed by atoms with Crippen LogP contribution in [-0.4, -0.2) is 5.78 Å². The number of hydrogen-bond donors (Lipinski definition) is 1. The Labute approximate surface area is 108 Å². The second kappa shape index (κ2) is 4.65. The lowest BCUT2D eigenvalue weighted by molar-refractivity contribution is 0.103. The van der Waals surface area contributed by atoms with Crippen LogP contribution in [0.4, 0.5) is 5.69 Å². The predicted molar refractivity (Wildman–Crippen MR) is 73.4 cm³/mol. The number of carbonyl (C=O) groups excluding carboxylic acids is 1. The van der Waals surface area contributed by atoms with Gasteiger partial charge in [0.2, 0.25) is 0 Å². The van der Waals surface area contributed by atoms with E-state index in [1.807, 2.05) is 24.3 Å². The van der Waals surface area contributed by atoms with Crippen LogP contribution in [0.1, 0.15) is 15.9 Å². The summed E-state index contributed by atoms with van der Waals surface area (Å²) >= 11 is 2.19. The minimum absolute atomic E-state index is 0.0264. The van der Waals surface area contributed by atoms with Crippen LogP contribution in [0.2, 0.25) is 0 Å². The third-order valence-corrected chi connectivity index (χ3v) is 2.93. The van der Waals surface area contributed by atoms with Gasteiger partial charge in [-0.2, -0.15) is 0 Å². The first-order chi connectivity index (χ1) is 7.66. The second-order valence-corrected chi connectivity index (χ2v) is 4.71. The van der Waals surface area contributed by atoms with Crippen molar-refractivity contribution in [2.45, 2.75) is 0 Å². The fraction of sp³-hybridized carbons (Fsp3) is 0. The van der Waals surface area contributed by atoms with Crippen LogP contribution < -0.4 is 5.73 Å². The molecule has 0 spiro atoms. The first-order valence-electron chi connectivity index (χ1n) is 4.82. The molecule has 0 radical (unpaired) electrons. The van der Waals surface area contributed by atoms with Gasteiger partial charge >= 0.3 is 0 Å². The molecule has 16 heavy (non-hydrogen) atoms. The number of halogens is 1. The predicted octanol–water partition coefficient (Wildman–Crippen LogP) is 3.10. The van der Waals surface area contributed by atoms with Crippen LogP contribution in [0.15, 0.2) is 48.5 Å². The van der Waals surface area contributed by atoms with Crippen molar-refractivity contribution in [2.75, 3.05) is 5.73 Å². The number of rotatable bonds is 2. The molecule has 2 aromatic rings. The van der Waals surface area contributed by atoms with Gasteiger partial charge in [0.1, 0.15) is 0 Å². The molecule has 0 unspecified atom stereocenters. The first kappa shape index (κ1) is 11.1. The Bertz CT molecular complexity index is 520. The fourth-order valence-electron chi connectivity index (χ4n) is 1.43. The number of nitrogen functional groups attached to an aromatic ring is 1. The van der Waals surface area contributed by atoms with Crippen LogP contribution in [-0.2, 0) is 0 Å². The molecule has 2 aromatic carbocycles. The first-order valence-corrected chi connectivity index (χ1v) is 5.90. The third kappa shape index (κ3) is 2.41. The summed E-state index contributed by atoms with van der Waals surface area (Å²) in [5.41, 5.74) is 7.61. The largest absolute Gasteiger partial charge is 0.399 e. The summed E-state index contributed by atoms with van der Waals surface area (Å²) in [6, 6.07) is 14.5. The van der Waals surface area contributed by atoms with Gasteiger partial charge in [0.05, 0.1) is 0 Å². The zero-order valence-corrected chi connectivity index (χ0v) is 10.6. The van der Waals surface area contributed by atoms with Crippen LogP contribution in [0.5, 0.6) is 0 Å². The number of hydrogen-bond acceptors (Lipinski definition) is 2. The van der Waals surface area contributed by atoms with E-state index in [-0.39, 0.29) is 5.78 Å². The van der Waals surface area contributed by atoms with Gasteiger partial charge in [-0.1, -0.05) is 12.1 Å². The molecule has 0 amide bonds. The van der Waals surface area contributed by atoms with Gasteiger partial charge in [-0.3, -0.25) is 4.79 Å². The molecule has 2 nitrogen and oxygen atoms in total. The Morgan fingerprint density at radius 3 is 2.31 bits per heavy atom. The van der Waals surface area contributed by atoms with Crippen molar-refractivity contribution in [1.82, 2.24) is 0 Å². The Balaban J connectivity index is 2.35. The third-order valence-electron chi connectivity index (χ3n) is 2.26. The highest BCUT2D eigenvalue weighted by molar-refractivity contribution is 14.1. The Hall–Kier alpha value is -1.36. The zero-order valence-electron chi connectivity index (χ0n) is 8.48. The van der Waals surface area contributed by atoms with Gasteiger partial charge in [-0.25, -0.2) is 0 Å². The van der Waals surface area contributed by atoms with Crippen LogP contribution in [0.3, 0.4) is 0 Å². The number of carbonyl (C=O) groups is 1. The number of benzene rings is 2. The van der Waals surface area contributed by atoms with E-state index in [2.05, 4.69) is 22.6 Å². The lowest BCUT2D eigenvalue weighted by Gasteiger charge is -2.02. The summed E-state index contributed by atoms with van der Waals surface area (Å²) < 4.78 is 1.05. The van der Waals surface area contributed by atoms with E-state index in [0.717, 1.165) is 3.57 Å². The van der Waals surface area contributed by atoms with Gasteiger partial charge in [0.25, 0.3) is 0 Å². The summed E-state index contributed by atoms with van der Waals surface area (Å²) in [7, 11) is 0. The fourth-order valence-corrected chi connectivity index (χ4v) is 1.97. The van der Waals surface area contributed by atoms with Crippen molar-refractivity contribution >= 4 is 34.1 Å². The van der Waals surface area contributed by atoms with E-state index in [1.165, 1.54) is 0 Å². The summed E-state index contributed by atoms with van der Waals surface area (Å²) in [4.78, 5) is 12.1. The van der Waals surface area contributed by atoms with Crippen LogP contribution in [0.25, 0.3) is 0 Å². The van der Waals surface area contributed by atoms with Gasteiger partial charge in [-0.05, 0) is 59.0 Å². The average molecular weight is 323 g/mol. The topological polar surface area (TPSA) is 43.1 Å². The van der Waals surface area contributed by atoms with Crippen molar-refractivity contribution in [1.29, 1.82) is 0 Å². The molecule has 0 aromatic heterocycles. The normalized spacial score (nSPS) is 10.1. The van der Waals surface area contributed by atoms with Crippen molar-refractivity contribution < 1.29 is 4.79 Å². The summed E-state index contributed by atoms with van der Waals surface area (Å²) in [6.45, 7) is 0. The molecule has 2 N–H and O–H groups in total. The van der Waals surface area contributed by atoms with E-state index in [1.54, 1.807) is 24.3 Å². The van der Waals surface area contributed by atoms with Crippen molar-refractivity contribution in [3.05, 3.63) is 63.2 Å². The maximum absolute atomic E-state index is 12.1. The minimum Gasteiger partial charge on any atom is -0.399 e. The molecular weight excluding hydrogens is 313 g/mol. The van der Waals surface area contributed by atoms with Gasteiger partial charge in [0.15, 0.2) is 5.78 Å². The van der Waals surface area contributed by atoms with Gasteiger partial charge < -0.3 is 5.73 Å². The zero-order chi connectivity index (χ0) is 11.5. The van der Waals surface area contributed by atoms with Crippen LogP contribution >= 0.6 is 22.6 Å². The monoisotopic (exact) mass is 323 g/mol. The van der Waals surface area contributed by atoms with Gasteiger partial charge in [-0.15, -0.1) is 0 Å². The lowest BCUT2D eigenvalue weighted by Crippen LogP contribution is -2.01. The maximum Gasteiger partial charge on any atom is 0.193 e. The van der Waals surface area contributed by atoms with Crippen molar-refractivity contribution in [2.24, 2.45) is 0 Å². The highest BCUT2D eigenvalue weighted by atomic mass is 127. The molecule has 0 heterocycles. The van der Waals surface area contributed by atoms with E-state index in [4.69, 9.17) is 5.73 Å². The molecule has 0 bridgehead atoms. The van der Waals surface area contributed by atoms with Crippen molar-refractivity contribution in [3.63, 3.8) is 0 Å². The molecule has 0 atom stereocenters. The van der Waals surface area contributed by atoms with E-state index in [0.29, 0.717) is 16.8 Å². The van der Waals surface area contributed by atoms with Crippen LogP contribution in [0, 0.1) is 3.57 Å². The quantitative estimate of drug-likeness (QED) is 0.524. The SMILES string of the molecule is Nc1ccc(C(=O)c2cccc(I)c2)cc1. The maximum atomic E-state index is 12.1. The van der Waals surface area contributed by atoms with Crippen molar-refractivity contribution in [3.8, 4) is 0 Å². The molecule has 0 aliphatic carbocycles. The molecule has 0 saturated heterocycles. The average Bonchev–Trinajstić information content (AvgIpc) is 2.29. The number of anilines is 1. The minimum atomic E-state index is 0.0264. The number of ketones is 1. The molecule has 0 aliphatic heterocycles. The summed E-state index contributed by atoms with van der Waals surface area (Å²) in [5.74, 6) is 0.0264. The highest BCUT2D eigenvalue weighted by Crippen LogP contribution is 2.14. The van der Waals surface area contributed by atoms with E-state index in [9.17, 15) is 4.79 Å². The second-order valence-electron chi connectivity index (χ2n) is 3.46. The Morgan fingerprint density at radius 1 is 1.00 bits per heavy atom. The Kier molecular flexibility index (Phi) is 3.24. The van der Waals surface area contributed by atoms with E-state index < -0.39 is 0 Å². The number of nitrogens with two attached hydrogens (primary N) is 1. The molecular formula is C13H10INO. The molecule has 0 fully saturated rings. The molecule has 0 saturated carbocycles. The summed E-state index contributed by atoms with van der Waals surface area (Å²) in [5, 5.41) is 0. The highest BCUT2D eigenvalue weighted by Gasteiger charge is 2.08. The van der Waals surface area contributed by atoms with Gasteiger partial charge in [0, 0.05) is 20.4 Å². The molecule has 0 aliphatic rings. The smallest absolute Gasteiger partial charge is 0.193 e. The van der Waals surface area contributed by atoms with E-state index >= 15 is 0 Å². The molecule has 80 valence electrons. The summed E-state index contributed by atoms with van der Waals surface area (Å²) in [6.07, 6.45) is 0. The molecule has 2 rings (SSSR count). The Morgan fingerprint density at radius 2 is 1.69 bits per heavy atom. The molecule has 3 heteroatoms. The lowest BCUT2D eigenvalue weighted by atomic mass is 10.0.